The third kappa shape index (κ3) is 2.50. The minimum atomic E-state index is -4.34. The summed E-state index contributed by atoms with van der Waals surface area (Å²) in [4.78, 5) is 1.21. The quantitative estimate of drug-likeness (QED) is 0.739. The Hall–Kier alpha value is -0.940. The van der Waals surface area contributed by atoms with E-state index in [1.807, 2.05) is 6.92 Å². The Morgan fingerprint density at radius 3 is 2.77 bits per heavy atom. The average Bonchev–Trinajstić information content (AvgIpc) is 2.47. The molecule has 76 valence electrons. The summed E-state index contributed by atoms with van der Waals surface area (Å²) in [7, 11) is 0. The maximum atomic E-state index is 12.2. The van der Waals surface area contributed by atoms with Crippen molar-refractivity contribution in [3.05, 3.63) is 0 Å². The molecule has 6 heteroatoms. The molecule has 13 heavy (non-hydrogen) atoms. The summed E-state index contributed by atoms with van der Waals surface area (Å²) < 4.78 is 36.7. The number of nitrogens with one attached hydrogen (secondary N) is 1. The van der Waals surface area contributed by atoms with Crippen molar-refractivity contribution in [2.24, 2.45) is 5.10 Å². The summed E-state index contributed by atoms with van der Waals surface area (Å²) >= 11 is 0. The molecular weight excluding hydrogens is 183 g/mol. The minimum absolute atomic E-state index is 0.162. The smallest absolute Gasteiger partial charge is 0.332 e. The largest absolute Gasteiger partial charge is 0.451 e. The molecule has 3 nitrogen and oxygen atoms in total. The SMILES string of the molecule is CCCCN1CNN=C1C(F)(F)F. The second-order valence-electron chi connectivity index (χ2n) is 2.87. The molecule has 0 radical (unpaired) electrons. The van der Waals surface area contributed by atoms with Gasteiger partial charge in [0.1, 0.15) is 6.67 Å². The van der Waals surface area contributed by atoms with Crippen molar-refractivity contribution in [2.45, 2.75) is 25.9 Å². The van der Waals surface area contributed by atoms with Gasteiger partial charge in [0, 0.05) is 6.54 Å². The number of halogens is 3. The fraction of sp³-hybridized carbons (Fsp3) is 0.857. The number of hydrazone groups is 1. The van der Waals surface area contributed by atoms with Crippen LogP contribution in [0.15, 0.2) is 5.10 Å². The zero-order chi connectivity index (χ0) is 9.90. The van der Waals surface area contributed by atoms with E-state index in [0.29, 0.717) is 6.54 Å². The Morgan fingerprint density at radius 2 is 2.23 bits per heavy atom. The lowest BCUT2D eigenvalue weighted by Crippen LogP contribution is -2.39. The average molecular weight is 195 g/mol. The molecule has 0 amide bonds. The monoisotopic (exact) mass is 195 g/mol. The number of unbranched alkanes of at least 4 members (excludes halogenated alkanes) is 1. The van der Waals surface area contributed by atoms with E-state index in [4.69, 9.17) is 0 Å². The van der Waals surface area contributed by atoms with Crippen LogP contribution in [0.1, 0.15) is 19.8 Å². The van der Waals surface area contributed by atoms with Crippen LogP contribution in [0.25, 0.3) is 0 Å². The Kier molecular flexibility index (Phi) is 3.00. The Balaban J connectivity index is 2.53. The normalized spacial score (nSPS) is 17.2. The maximum absolute atomic E-state index is 12.2. The molecule has 1 aliphatic heterocycles. The van der Waals surface area contributed by atoms with Crippen molar-refractivity contribution < 1.29 is 13.2 Å². The van der Waals surface area contributed by atoms with Crippen molar-refractivity contribution >= 4 is 5.84 Å². The summed E-state index contributed by atoms with van der Waals surface area (Å²) in [6.45, 7) is 2.50. The van der Waals surface area contributed by atoms with E-state index in [2.05, 4.69) is 10.5 Å². The van der Waals surface area contributed by atoms with Gasteiger partial charge in [0.2, 0.25) is 5.84 Å². The zero-order valence-corrected chi connectivity index (χ0v) is 7.36. The Bertz CT molecular complexity index is 200. The van der Waals surface area contributed by atoms with Gasteiger partial charge < -0.3 is 4.90 Å². The number of rotatable bonds is 3. The minimum Gasteiger partial charge on any atom is -0.332 e. The molecule has 0 aliphatic carbocycles. The summed E-state index contributed by atoms with van der Waals surface area (Å²) in [5.41, 5.74) is 2.33. The van der Waals surface area contributed by atoms with Gasteiger partial charge in [0.05, 0.1) is 0 Å². The van der Waals surface area contributed by atoms with E-state index in [9.17, 15) is 13.2 Å². The Labute approximate surface area is 74.6 Å². The number of alkyl halides is 3. The van der Waals surface area contributed by atoms with Crippen LogP contribution in [0.5, 0.6) is 0 Å². The zero-order valence-electron chi connectivity index (χ0n) is 7.36. The predicted molar refractivity (Wildman–Crippen MR) is 43.1 cm³/mol. The lowest BCUT2D eigenvalue weighted by Gasteiger charge is -2.19. The molecule has 1 aliphatic rings. The van der Waals surface area contributed by atoms with Gasteiger partial charge in [-0.15, -0.1) is 0 Å². The lowest BCUT2D eigenvalue weighted by atomic mass is 10.3. The molecule has 0 saturated heterocycles. The highest BCUT2D eigenvalue weighted by Crippen LogP contribution is 2.21. The molecule has 0 unspecified atom stereocenters. The number of hydrogen-bond acceptors (Lipinski definition) is 3. The van der Waals surface area contributed by atoms with Crippen LogP contribution in [0.4, 0.5) is 13.2 Å². The molecule has 0 aromatic rings. The highest BCUT2D eigenvalue weighted by molar-refractivity contribution is 5.88. The van der Waals surface area contributed by atoms with Crippen molar-refractivity contribution in [2.75, 3.05) is 13.2 Å². The van der Waals surface area contributed by atoms with E-state index in [-0.39, 0.29) is 6.67 Å². The summed E-state index contributed by atoms with van der Waals surface area (Å²) in [6.07, 6.45) is -2.71. The highest BCUT2D eigenvalue weighted by atomic mass is 19.4. The second-order valence-corrected chi connectivity index (χ2v) is 2.87. The van der Waals surface area contributed by atoms with Gasteiger partial charge in [-0.3, -0.25) is 5.43 Å². The second kappa shape index (κ2) is 3.85. The van der Waals surface area contributed by atoms with Gasteiger partial charge in [-0.25, -0.2) is 0 Å². The first kappa shape index (κ1) is 10.1. The van der Waals surface area contributed by atoms with E-state index in [0.717, 1.165) is 12.8 Å². The van der Waals surface area contributed by atoms with Crippen LogP contribution in [0, 0.1) is 0 Å². The first-order chi connectivity index (χ1) is 6.05. The molecule has 0 fully saturated rings. The van der Waals surface area contributed by atoms with Gasteiger partial charge in [-0.1, -0.05) is 13.3 Å². The number of amidine groups is 1. The standard InChI is InChI=1S/C7H12F3N3/c1-2-3-4-13-5-11-12-6(13)7(8,9)10/h11H,2-5H2,1H3. The predicted octanol–water partition coefficient (Wildman–Crippen LogP) is 1.52. The third-order valence-corrected chi connectivity index (χ3v) is 1.78. The van der Waals surface area contributed by atoms with Crippen LogP contribution >= 0.6 is 0 Å². The molecule has 1 N–H and O–H groups in total. The lowest BCUT2D eigenvalue weighted by molar-refractivity contribution is -0.0673. The van der Waals surface area contributed by atoms with E-state index < -0.39 is 12.0 Å². The van der Waals surface area contributed by atoms with Gasteiger partial charge in [-0.2, -0.15) is 18.3 Å². The molecule has 0 aromatic heterocycles. The van der Waals surface area contributed by atoms with Crippen LogP contribution in [-0.4, -0.2) is 30.1 Å². The molecule has 0 spiro atoms. The summed E-state index contributed by atoms with van der Waals surface area (Å²) in [6, 6.07) is 0. The van der Waals surface area contributed by atoms with Gasteiger partial charge in [-0.05, 0) is 6.42 Å². The highest BCUT2D eigenvalue weighted by Gasteiger charge is 2.41. The van der Waals surface area contributed by atoms with Gasteiger partial charge in [0.15, 0.2) is 0 Å². The van der Waals surface area contributed by atoms with Crippen molar-refractivity contribution in [1.82, 2.24) is 10.3 Å². The van der Waals surface area contributed by atoms with Crippen molar-refractivity contribution in [3.8, 4) is 0 Å². The first-order valence-electron chi connectivity index (χ1n) is 4.18. The molecule has 0 aromatic carbocycles. The molecule has 0 atom stereocenters. The fourth-order valence-corrected chi connectivity index (χ4v) is 1.12. The van der Waals surface area contributed by atoms with Crippen molar-refractivity contribution in [3.63, 3.8) is 0 Å². The molecule has 1 rings (SSSR count). The summed E-state index contributed by atoms with van der Waals surface area (Å²) in [5, 5.41) is 3.21. The first-order valence-corrected chi connectivity index (χ1v) is 4.18. The van der Waals surface area contributed by atoms with E-state index >= 15 is 0 Å². The fourth-order valence-electron chi connectivity index (χ4n) is 1.12. The van der Waals surface area contributed by atoms with Crippen LogP contribution in [0.3, 0.4) is 0 Å². The van der Waals surface area contributed by atoms with E-state index in [1.165, 1.54) is 4.90 Å². The molecule has 0 saturated carbocycles. The van der Waals surface area contributed by atoms with Gasteiger partial charge >= 0.3 is 6.18 Å². The number of hydrogen-bond donors (Lipinski definition) is 1. The Morgan fingerprint density at radius 1 is 1.54 bits per heavy atom. The third-order valence-electron chi connectivity index (χ3n) is 1.78. The molecule has 0 bridgehead atoms. The van der Waals surface area contributed by atoms with Crippen LogP contribution in [0.2, 0.25) is 0 Å². The van der Waals surface area contributed by atoms with Crippen molar-refractivity contribution in [1.29, 1.82) is 0 Å². The summed E-state index contributed by atoms with van der Waals surface area (Å²) in [5.74, 6) is -0.805. The number of nitrogens with zero attached hydrogens (tertiary/aromatic N) is 2. The van der Waals surface area contributed by atoms with Crippen LogP contribution < -0.4 is 5.43 Å². The van der Waals surface area contributed by atoms with Gasteiger partial charge in [0.25, 0.3) is 0 Å². The molecule has 1 heterocycles. The molecular formula is C7H12F3N3. The maximum Gasteiger partial charge on any atom is 0.451 e. The van der Waals surface area contributed by atoms with E-state index in [1.54, 1.807) is 0 Å². The van der Waals surface area contributed by atoms with Crippen LogP contribution in [-0.2, 0) is 0 Å². The topological polar surface area (TPSA) is 27.6 Å².